The Bertz CT molecular complexity index is 975. The molecule has 1 aliphatic rings. The van der Waals surface area contributed by atoms with Crippen LogP contribution in [0, 0.1) is 0 Å². The van der Waals surface area contributed by atoms with E-state index in [1.807, 2.05) is 0 Å². The van der Waals surface area contributed by atoms with Crippen LogP contribution in [0.3, 0.4) is 0 Å². The fourth-order valence-corrected chi connectivity index (χ4v) is 11.3. The Balaban J connectivity index is 3.03. The van der Waals surface area contributed by atoms with Gasteiger partial charge in [-0.2, -0.15) is 0 Å². The van der Waals surface area contributed by atoms with Crippen LogP contribution >= 0.6 is 0 Å². The Morgan fingerprint density at radius 2 is 1.45 bits per heavy atom. The van der Waals surface area contributed by atoms with E-state index in [1.165, 1.54) is 7.11 Å². The minimum Gasteiger partial charge on any atom is -0.469 e. The van der Waals surface area contributed by atoms with Gasteiger partial charge in [-0.25, -0.2) is 26.3 Å². The van der Waals surface area contributed by atoms with E-state index in [9.17, 15) is 21.6 Å². The van der Waals surface area contributed by atoms with Gasteiger partial charge in [-0.3, -0.25) is 4.79 Å². The molecule has 2 N–H and O–H groups in total. The number of hydrogen-bond donors (Lipinski definition) is 2. The molecule has 33 heavy (non-hydrogen) atoms. The van der Waals surface area contributed by atoms with Crippen molar-refractivity contribution in [1.82, 2.24) is 9.44 Å². The zero-order valence-electron chi connectivity index (χ0n) is 20.8. The highest BCUT2D eigenvalue weighted by molar-refractivity contribution is 7.89. The second-order valence-corrected chi connectivity index (χ2v) is 25.7. The number of rotatable bonds is 13. The first kappa shape index (κ1) is 30.0. The monoisotopic (exact) mass is 536 g/mol. The smallest absolute Gasteiger partial charge is 0.309 e. The van der Waals surface area contributed by atoms with Gasteiger partial charge in [0.05, 0.1) is 37.1 Å². The van der Waals surface area contributed by atoms with Crippen LogP contribution in [0.5, 0.6) is 0 Å². The van der Waals surface area contributed by atoms with Crippen molar-refractivity contribution in [3.8, 4) is 0 Å². The zero-order valence-corrected chi connectivity index (χ0v) is 24.5. The maximum absolute atomic E-state index is 12.7. The molecule has 0 aliphatic heterocycles. The highest BCUT2D eigenvalue weighted by Gasteiger charge is 2.26. The van der Waals surface area contributed by atoms with Crippen molar-refractivity contribution in [2.24, 2.45) is 0 Å². The number of carbonyl (C=O) groups is 1. The zero-order chi connectivity index (χ0) is 25.5. The number of ether oxygens (including phenoxy) is 1. The highest BCUT2D eigenvalue weighted by atomic mass is 32.2. The van der Waals surface area contributed by atoms with Crippen molar-refractivity contribution >= 4 is 42.2 Å². The van der Waals surface area contributed by atoms with Gasteiger partial charge in [0.1, 0.15) is 0 Å². The summed E-state index contributed by atoms with van der Waals surface area (Å²) in [5.74, 6) is -0.325. The van der Waals surface area contributed by atoms with Gasteiger partial charge < -0.3 is 4.74 Å². The summed E-state index contributed by atoms with van der Waals surface area (Å²) in [6, 6.07) is 0.0362. The molecule has 2 atom stereocenters. The second-order valence-electron chi connectivity index (χ2n) is 10.7. The highest BCUT2D eigenvalue weighted by Crippen LogP contribution is 2.18. The third-order valence-electron chi connectivity index (χ3n) is 4.93. The topological polar surface area (TPSA) is 119 Å². The molecular weight excluding hydrogens is 497 g/mol. The van der Waals surface area contributed by atoms with Gasteiger partial charge in [-0.1, -0.05) is 69.7 Å². The lowest BCUT2D eigenvalue weighted by atomic mass is 9.98. The van der Waals surface area contributed by atoms with E-state index in [2.05, 4.69) is 53.5 Å². The lowest BCUT2D eigenvalue weighted by molar-refractivity contribution is -0.139. The van der Waals surface area contributed by atoms with Crippen LogP contribution in [0.4, 0.5) is 0 Å². The molecule has 8 nitrogen and oxygen atoms in total. The van der Waals surface area contributed by atoms with Crippen LogP contribution in [0.1, 0.15) is 6.42 Å². The van der Waals surface area contributed by atoms with Crippen molar-refractivity contribution in [3.05, 3.63) is 36.0 Å². The molecule has 0 saturated carbocycles. The minimum absolute atomic E-state index is 0.0270. The molecule has 0 fully saturated rings. The molecule has 0 spiro atoms. The summed E-state index contributed by atoms with van der Waals surface area (Å²) in [6.07, 6.45) is 8.21. The van der Waals surface area contributed by atoms with Gasteiger partial charge in [0.15, 0.2) is 0 Å². The standard InChI is InChI=1S/C21H40N2O6S2Si2/c1-29-21(24)10-8-9-18-17-19(22-30(25,26)13-15-32(2,3)4)11-12-20(18)23-31(27,28)14-16-33(5,6)7/h8-9,11-12,17,19-20,22-23H,10,13-16H2,1-7H3/b9-8+. The van der Waals surface area contributed by atoms with Crippen LogP contribution in [-0.2, 0) is 29.6 Å². The SMILES string of the molecule is COC(=O)C/C=C/C1=CC(NS(=O)(=O)CC[Si](C)(C)C)C=CC1NS(=O)(=O)CC[Si](C)(C)C. The molecule has 1 rings (SSSR count). The molecule has 190 valence electrons. The summed E-state index contributed by atoms with van der Waals surface area (Å²) >= 11 is 0. The second kappa shape index (κ2) is 12.1. The predicted molar refractivity (Wildman–Crippen MR) is 141 cm³/mol. The van der Waals surface area contributed by atoms with Crippen molar-refractivity contribution in [1.29, 1.82) is 0 Å². The molecule has 1 aliphatic carbocycles. The van der Waals surface area contributed by atoms with E-state index in [0.717, 1.165) is 0 Å². The van der Waals surface area contributed by atoms with Crippen LogP contribution in [0.15, 0.2) is 36.0 Å². The fraction of sp³-hybridized carbons (Fsp3) is 0.667. The third kappa shape index (κ3) is 13.4. The maximum Gasteiger partial charge on any atom is 0.309 e. The first-order valence-corrected chi connectivity index (χ1v) is 21.8. The van der Waals surface area contributed by atoms with Gasteiger partial charge in [0.25, 0.3) is 0 Å². The van der Waals surface area contributed by atoms with E-state index in [-0.39, 0.29) is 17.9 Å². The van der Waals surface area contributed by atoms with Gasteiger partial charge in [0.2, 0.25) is 20.0 Å². The number of esters is 1. The Morgan fingerprint density at radius 1 is 0.939 bits per heavy atom. The lowest BCUT2D eigenvalue weighted by Gasteiger charge is -2.25. The van der Waals surface area contributed by atoms with Crippen LogP contribution < -0.4 is 9.44 Å². The normalized spacial score (nSPS) is 20.2. The molecule has 0 aromatic carbocycles. The van der Waals surface area contributed by atoms with E-state index < -0.39 is 54.2 Å². The average molecular weight is 537 g/mol. The van der Waals surface area contributed by atoms with E-state index in [4.69, 9.17) is 0 Å². The summed E-state index contributed by atoms with van der Waals surface area (Å²) in [6.45, 7) is 12.7. The predicted octanol–water partition coefficient (Wildman–Crippen LogP) is 2.85. The number of sulfonamides is 2. The molecule has 0 saturated heterocycles. The molecule has 12 heteroatoms. The quantitative estimate of drug-likeness (QED) is 0.212. The number of hydrogen-bond acceptors (Lipinski definition) is 6. The Morgan fingerprint density at radius 3 is 1.94 bits per heavy atom. The molecule has 0 bridgehead atoms. The number of nitrogens with one attached hydrogen (secondary N) is 2. The van der Waals surface area contributed by atoms with Crippen molar-refractivity contribution in [2.45, 2.75) is 69.9 Å². The molecule has 0 heterocycles. The summed E-state index contributed by atoms with van der Waals surface area (Å²) in [7, 11) is -8.80. The molecular formula is C21H40N2O6S2Si2. The Kier molecular flexibility index (Phi) is 11.0. The van der Waals surface area contributed by atoms with Crippen LogP contribution in [-0.4, -0.2) is 69.7 Å². The summed E-state index contributed by atoms with van der Waals surface area (Å²) in [4.78, 5) is 11.4. The van der Waals surface area contributed by atoms with Crippen molar-refractivity contribution in [2.75, 3.05) is 18.6 Å². The number of carbonyl (C=O) groups excluding carboxylic acids is 1. The van der Waals surface area contributed by atoms with Crippen molar-refractivity contribution < 1.29 is 26.4 Å². The Labute approximate surface area is 202 Å². The van der Waals surface area contributed by atoms with E-state index in [1.54, 1.807) is 30.4 Å². The van der Waals surface area contributed by atoms with E-state index in [0.29, 0.717) is 17.7 Å². The molecule has 0 aromatic rings. The maximum atomic E-state index is 12.7. The van der Waals surface area contributed by atoms with Crippen LogP contribution in [0.2, 0.25) is 51.4 Å². The van der Waals surface area contributed by atoms with Gasteiger partial charge in [-0.05, 0) is 17.7 Å². The summed E-state index contributed by atoms with van der Waals surface area (Å²) in [5, 5.41) is 0. The minimum atomic E-state index is -3.54. The molecule has 0 radical (unpaired) electrons. The molecule has 0 amide bonds. The summed E-state index contributed by atoms with van der Waals surface area (Å²) in [5.41, 5.74) is 0.566. The fourth-order valence-electron chi connectivity index (χ4n) is 2.82. The van der Waals surface area contributed by atoms with E-state index >= 15 is 0 Å². The van der Waals surface area contributed by atoms with Crippen LogP contribution in [0.25, 0.3) is 0 Å². The van der Waals surface area contributed by atoms with Gasteiger partial charge >= 0.3 is 5.97 Å². The van der Waals surface area contributed by atoms with Crippen molar-refractivity contribution in [3.63, 3.8) is 0 Å². The third-order valence-corrected chi connectivity index (χ3v) is 11.9. The summed E-state index contributed by atoms with van der Waals surface area (Å²) < 4.78 is 60.4. The Hall–Kier alpha value is -1.06. The largest absolute Gasteiger partial charge is 0.469 e. The first-order chi connectivity index (χ1) is 14.9. The first-order valence-electron chi connectivity index (χ1n) is 11.0. The molecule has 2 unspecified atom stereocenters. The van der Waals surface area contributed by atoms with Gasteiger partial charge in [-0.15, -0.1) is 0 Å². The number of methoxy groups -OCH3 is 1. The molecule has 0 aromatic heterocycles. The lowest BCUT2D eigenvalue weighted by Crippen LogP contribution is -2.42. The van der Waals surface area contributed by atoms with Gasteiger partial charge in [0, 0.05) is 16.1 Å². The average Bonchev–Trinajstić information content (AvgIpc) is 2.65.